The van der Waals surface area contributed by atoms with Crippen molar-refractivity contribution in [1.82, 2.24) is 0 Å². The van der Waals surface area contributed by atoms with Crippen LogP contribution in [0.25, 0.3) is 0 Å². The van der Waals surface area contributed by atoms with Crippen molar-refractivity contribution in [1.29, 1.82) is 0 Å². The third-order valence-electron chi connectivity index (χ3n) is 5.98. The predicted octanol–water partition coefficient (Wildman–Crippen LogP) is 8.75. The first-order chi connectivity index (χ1) is 22.9. The third-order valence-corrected chi connectivity index (χ3v) is 5.98. The number of hydrogen-bond donors (Lipinski definition) is 0. The third kappa shape index (κ3) is 11.4. The zero-order valence-corrected chi connectivity index (χ0v) is 25.1. The monoisotopic (exact) mass is 828 g/mol. The summed E-state index contributed by atoms with van der Waals surface area (Å²) in [7, 11) is 0. The lowest BCUT2D eigenvalue weighted by Crippen LogP contribution is -2.61. The Morgan fingerprint density at radius 1 is 0.481 bits per heavy atom. The van der Waals surface area contributed by atoms with E-state index in [9.17, 15) is 106 Å². The Bertz CT molecular complexity index is 1170. The lowest BCUT2D eigenvalue weighted by Gasteiger charge is -2.33. The molecular weight excluding hydrogens is 806 g/mol. The Kier molecular flexibility index (Phi) is 15.9. The number of carbonyl (C=O) groups excluding carboxylic acids is 2. The minimum Gasteiger partial charge on any atom is -0.461 e. The Morgan fingerprint density at radius 2 is 0.846 bits per heavy atom. The molecule has 0 N–H and O–H groups in total. The van der Waals surface area contributed by atoms with Crippen molar-refractivity contribution in [2.75, 3.05) is 26.4 Å². The molecule has 0 amide bonds. The molecule has 0 radical (unpaired) electrons. The Labute approximate surface area is 274 Å². The number of rotatable bonds is 20. The van der Waals surface area contributed by atoms with Crippen LogP contribution in [0.4, 0.5) is 96.6 Å². The highest BCUT2D eigenvalue weighted by molar-refractivity contribution is 5.79. The summed E-state index contributed by atoms with van der Waals surface area (Å²) >= 11 is 0. The molecule has 0 saturated carbocycles. The molecule has 310 valence electrons. The van der Waals surface area contributed by atoms with E-state index in [4.69, 9.17) is 4.74 Å². The molecule has 3 unspecified atom stereocenters. The van der Waals surface area contributed by atoms with Gasteiger partial charge in [-0.05, 0) is 31.6 Å². The van der Waals surface area contributed by atoms with E-state index in [2.05, 4.69) is 9.47 Å². The van der Waals surface area contributed by atoms with E-state index in [1.807, 2.05) is 9.47 Å². The molecule has 0 spiro atoms. The molecule has 0 rings (SSSR count). The first kappa shape index (κ1) is 49.3. The van der Waals surface area contributed by atoms with Gasteiger partial charge in [0.15, 0.2) is 0 Å². The van der Waals surface area contributed by atoms with Gasteiger partial charge in [0.05, 0.1) is 13.2 Å². The van der Waals surface area contributed by atoms with Crippen molar-refractivity contribution in [2.45, 2.75) is 99.5 Å². The summed E-state index contributed by atoms with van der Waals surface area (Å²) in [5, 5.41) is 0. The second-order valence-corrected chi connectivity index (χ2v) is 10.1. The second-order valence-electron chi connectivity index (χ2n) is 10.1. The number of esters is 2. The summed E-state index contributed by atoms with van der Waals surface area (Å²) in [5.41, 5.74) is 0. The topological polar surface area (TPSA) is 80.3 Å². The van der Waals surface area contributed by atoms with E-state index >= 15 is 0 Å². The highest BCUT2D eigenvalue weighted by Gasteiger charge is 2.81. The zero-order valence-electron chi connectivity index (χ0n) is 25.1. The lowest BCUT2D eigenvalue weighted by molar-refractivity contribution is -0.475. The molecule has 0 aliphatic rings. The largest absolute Gasteiger partial charge is 0.462 e. The second kappa shape index (κ2) is 16.7. The Hall–Kier alpha value is -2.72. The quantitative estimate of drug-likeness (QED) is 0.0691. The van der Waals surface area contributed by atoms with Crippen molar-refractivity contribution in [3.63, 3.8) is 0 Å². The van der Waals surface area contributed by atoms with Gasteiger partial charge >= 0.3 is 72.4 Å². The van der Waals surface area contributed by atoms with E-state index in [-0.39, 0.29) is 13.0 Å². The average molecular weight is 828 g/mol. The van der Waals surface area contributed by atoms with Crippen molar-refractivity contribution < 1.29 is 130 Å². The van der Waals surface area contributed by atoms with Gasteiger partial charge in [0, 0.05) is 13.2 Å². The fraction of sp³-hybridized carbons (Fsp3) is 0.913. The molecule has 0 aliphatic carbocycles. The van der Waals surface area contributed by atoms with Crippen LogP contribution in [-0.4, -0.2) is 98.8 Å². The summed E-state index contributed by atoms with van der Waals surface area (Å²) in [5.74, 6) is -37.0. The van der Waals surface area contributed by atoms with Crippen LogP contribution in [0.3, 0.4) is 0 Å². The molecule has 52 heavy (non-hydrogen) atoms. The summed E-state index contributed by atoms with van der Waals surface area (Å²) in [4.78, 5) is 23.3. The highest BCUT2D eigenvalue weighted by atomic mass is 19.4. The minimum atomic E-state index is -7.52. The summed E-state index contributed by atoms with van der Waals surface area (Å²) in [6.07, 6.45) is -45.6. The molecule has 29 heteroatoms. The van der Waals surface area contributed by atoms with E-state index < -0.39 is 117 Å². The van der Waals surface area contributed by atoms with Crippen molar-refractivity contribution in [3.8, 4) is 0 Å². The number of ether oxygens (including phenoxy) is 5. The average Bonchev–Trinajstić information content (AvgIpc) is 2.93. The SMILES string of the molecule is CCCCOCC(CCCOC(=O)C(F)(OC(F)(F)C(F)(F)C(F)(F)F)C(F)(F)F)CCOC(=O)C(F)(OC(F)(F)C(F)(F)C(F)(F)F)C(F)(F)F. The van der Waals surface area contributed by atoms with Gasteiger partial charge in [0.1, 0.15) is 0 Å². The molecule has 0 heterocycles. The minimum absolute atomic E-state index is 0.149. The van der Waals surface area contributed by atoms with Gasteiger partial charge in [-0.15, -0.1) is 0 Å². The molecule has 0 saturated heterocycles. The molecule has 0 aromatic heterocycles. The van der Waals surface area contributed by atoms with Gasteiger partial charge in [0.2, 0.25) is 0 Å². The molecule has 0 aromatic carbocycles. The van der Waals surface area contributed by atoms with Crippen LogP contribution in [0.1, 0.15) is 39.0 Å². The predicted molar refractivity (Wildman–Crippen MR) is 119 cm³/mol. The van der Waals surface area contributed by atoms with Crippen LogP contribution in [-0.2, 0) is 33.3 Å². The van der Waals surface area contributed by atoms with Gasteiger partial charge in [-0.25, -0.2) is 9.59 Å². The van der Waals surface area contributed by atoms with E-state index in [1.54, 1.807) is 6.92 Å². The zero-order chi connectivity index (χ0) is 41.6. The molecule has 7 nitrogen and oxygen atoms in total. The number of hydrogen-bond acceptors (Lipinski definition) is 7. The van der Waals surface area contributed by atoms with Crippen molar-refractivity contribution >= 4 is 11.9 Å². The van der Waals surface area contributed by atoms with Crippen LogP contribution >= 0.6 is 0 Å². The molecule has 3 atom stereocenters. The summed E-state index contributed by atoms with van der Waals surface area (Å²) in [6, 6.07) is 0. The highest BCUT2D eigenvalue weighted by Crippen LogP contribution is 2.52. The summed E-state index contributed by atoms with van der Waals surface area (Å²) in [6.45, 7) is -2.36. The number of unbranched alkanes of at least 4 members (excludes halogenated alkanes) is 1. The maximum absolute atomic E-state index is 14.3. The van der Waals surface area contributed by atoms with Crippen LogP contribution in [0.15, 0.2) is 0 Å². The molecule has 0 aromatic rings. The first-order valence-corrected chi connectivity index (χ1v) is 13.4. The van der Waals surface area contributed by atoms with Gasteiger partial charge in [-0.1, -0.05) is 13.3 Å². The van der Waals surface area contributed by atoms with Gasteiger partial charge in [-0.2, -0.15) is 96.6 Å². The standard InChI is InChI=1S/C23H22F22O7/c1-2-3-7-48-10-11(6-9-50-13(47)15(25,19(33,34)35)52-23(44,45)17(28,29)21(39,40)41)5-4-8-49-12(46)14(24,18(30,31)32)51-22(42,43)16(26,27)20(36,37)38/h11H,2-10H2,1H3. The van der Waals surface area contributed by atoms with Crippen molar-refractivity contribution in [2.24, 2.45) is 5.92 Å². The van der Waals surface area contributed by atoms with E-state index in [0.29, 0.717) is 6.42 Å². The van der Waals surface area contributed by atoms with Gasteiger partial charge in [0.25, 0.3) is 0 Å². The van der Waals surface area contributed by atoms with Gasteiger partial charge in [-0.3, -0.25) is 9.47 Å². The van der Waals surface area contributed by atoms with E-state index in [1.165, 1.54) is 0 Å². The van der Waals surface area contributed by atoms with Crippen LogP contribution in [0.5, 0.6) is 0 Å². The number of carbonyl (C=O) groups is 2. The Balaban J connectivity index is 5.83. The Morgan fingerprint density at radius 3 is 1.17 bits per heavy atom. The van der Waals surface area contributed by atoms with Gasteiger partial charge < -0.3 is 14.2 Å². The first-order valence-electron chi connectivity index (χ1n) is 13.4. The molecular formula is C23H22F22O7. The van der Waals surface area contributed by atoms with Crippen LogP contribution in [0.2, 0.25) is 0 Å². The van der Waals surface area contributed by atoms with Crippen LogP contribution < -0.4 is 0 Å². The fourth-order valence-corrected chi connectivity index (χ4v) is 3.09. The number of halogens is 22. The van der Waals surface area contributed by atoms with Crippen LogP contribution in [0, 0.1) is 5.92 Å². The molecule has 0 bridgehead atoms. The normalized spacial score (nSPS) is 17.3. The smallest absolute Gasteiger partial charge is 0.461 e. The fourth-order valence-electron chi connectivity index (χ4n) is 3.09. The lowest BCUT2D eigenvalue weighted by atomic mass is 10.0. The summed E-state index contributed by atoms with van der Waals surface area (Å²) < 4.78 is 302. The molecule has 0 aliphatic heterocycles. The maximum atomic E-state index is 14.3. The molecule has 0 fully saturated rings. The maximum Gasteiger partial charge on any atom is 0.462 e. The number of alkyl halides is 22. The van der Waals surface area contributed by atoms with Crippen molar-refractivity contribution in [3.05, 3.63) is 0 Å². The van der Waals surface area contributed by atoms with E-state index in [0.717, 1.165) is 0 Å².